The lowest BCUT2D eigenvalue weighted by molar-refractivity contribution is -0.384. The molecule has 2 rings (SSSR count). The van der Waals surface area contributed by atoms with E-state index in [1.165, 1.54) is 12.1 Å². The lowest BCUT2D eigenvalue weighted by atomic mass is 10.2. The number of hydrogen-bond acceptors (Lipinski definition) is 5. The van der Waals surface area contributed by atoms with Gasteiger partial charge in [-0.25, -0.2) is 0 Å². The van der Waals surface area contributed by atoms with Gasteiger partial charge in [-0.05, 0) is 42.5 Å². The normalized spacial score (nSPS) is 10.5. The van der Waals surface area contributed by atoms with Crippen molar-refractivity contribution in [2.45, 2.75) is 20.4 Å². The fraction of sp³-hybridized carbons (Fsp3) is 0.250. The zero-order valence-electron chi connectivity index (χ0n) is 10.4. The van der Waals surface area contributed by atoms with Gasteiger partial charge in [0.15, 0.2) is 0 Å². The van der Waals surface area contributed by atoms with Gasteiger partial charge in [0.05, 0.1) is 10.6 Å². The van der Waals surface area contributed by atoms with Crippen molar-refractivity contribution in [3.05, 3.63) is 48.9 Å². The Kier molecular flexibility index (Phi) is 4.03. The van der Waals surface area contributed by atoms with Crippen LogP contribution >= 0.6 is 22.6 Å². The van der Waals surface area contributed by atoms with Crippen LogP contribution in [0.25, 0.3) is 0 Å². The van der Waals surface area contributed by atoms with E-state index in [1.54, 1.807) is 6.07 Å². The highest BCUT2D eigenvalue weighted by atomic mass is 127. The molecule has 0 radical (unpaired) electrons. The Labute approximate surface area is 123 Å². The van der Waals surface area contributed by atoms with Crippen LogP contribution in [0.3, 0.4) is 0 Å². The summed E-state index contributed by atoms with van der Waals surface area (Å²) in [6, 6.07) is 4.73. The molecule has 0 aliphatic carbocycles. The van der Waals surface area contributed by atoms with Crippen molar-refractivity contribution in [1.82, 2.24) is 5.16 Å². The standard InChI is InChI=1S/C12H12IN3O3/c1-7-10(8(2)19-15-7)6-14-12-4-3-9(16(17)18)5-11(12)13/h3-5,14H,6H2,1-2H3. The largest absolute Gasteiger partial charge is 0.380 e. The number of nitrogens with one attached hydrogen (secondary N) is 1. The highest BCUT2D eigenvalue weighted by molar-refractivity contribution is 14.1. The zero-order valence-corrected chi connectivity index (χ0v) is 12.6. The molecule has 7 heteroatoms. The molecule has 0 saturated heterocycles. The van der Waals surface area contributed by atoms with Crippen molar-refractivity contribution in [1.29, 1.82) is 0 Å². The van der Waals surface area contributed by atoms with Crippen LogP contribution in [0.2, 0.25) is 0 Å². The van der Waals surface area contributed by atoms with Crippen LogP contribution in [-0.2, 0) is 6.54 Å². The van der Waals surface area contributed by atoms with Gasteiger partial charge >= 0.3 is 0 Å². The predicted octanol–water partition coefficient (Wildman–Crippen LogP) is 3.42. The van der Waals surface area contributed by atoms with Crippen molar-refractivity contribution in [2.24, 2.45) is 0 Å². The number of nitro groups is 1. The summed E-state index contributed by atoms with van der Waals surface area (Å²) in [4.78, 5) is 10.3. The summed E-state index contributed by atoms with van der Waals surface area (Å²) in [6.07, 6.45) is 0. The topological polar surface area (TPSA) is 81.2 Å². The Balaban J connectivity index is 2.14. The van der Waals surface area contributed by atoms with Gasteiger partial charge in [-0.15, -0.1) is 0 Å². The number of anilines is 1. The first-order valence-corrected chi connectivity index (χ1v) is 6.66. The summed E-state index contributed by atoms with van der Waals surface area (Å²) >= 11 is 2.07. The summed E-state index contributed by atoms with van der Waals surface area (Å²) < 4.78 is 5.89. The molecule has 0 unspecified atom stereocenters. The molecule has 2 aromatic rings. The summed E-state index contributed by atoms with van der Waals surface area (Å²) in [5.74, 6) is 0.780. The Hall–Kier alpha value is -1.64. The van der Waals surface area contributed by atoms with Crippen LogP contribution in [0.5, 0.6) is 0 Å². The molecule has 6 nitrogen and oxygen atoms in total. The first-order chi connectivity index (χ1) is 8.99. The quantitative estimate of drug-likeness (QED) is 0.505. The van der Waals surface area contributed by atoms with Crippen LogP contribution in [0.4, 0.5) is 11.4 Å². The molecular weight excluding hydrogens is 361 g/mol. The second-order valence-electron chi connectivity index (χ2n) is 4.08. The third-order valence-electron chi connectivity index (χ3n) is 2.80. The number of benzene rings is 1. The van der Waals surface area contributed by atoms with E-state index in [9.17, 15) is 10.1 Å². The van der Waals surface area contributed by atoms with Crippen molar-refractivity contribution in [3.63, 3.8) is 0 Å². The third-order valence-corrected chi connectivity index (χ3v) is 3.69. The number of aromatic nitrogens is 1. The third kappa shape index (κ3) is 3.03. The molecule has 0 bridgehead atoms. The maximum Gasteiger partial charge on any atom is 0.270 e. The first-order valence-electron chi connectivity index (χ1n) is 5.58. The monoisotopic (exact) mass is 373 g/mol. The van der Waals surface area contributed by atoms with E-state index in [0.717, 1.165) is 26.3 Å². The van der Waals surface area contributed by atoms with Crippen LogP contribution in [0, 0.1) is 27.5 Å². The van der Waals surface area contributed by atoms with Crippen LogP contribution in [0.15, 0.2) is 22.7 Å². The zero-order chi connectivity index (χ0) is 14.0. The molecule has 1 N–H and O–H groups in total. The second kappa shape index (κ2) is 5.55. The van der Waals surface area contributed by atoms with Gasteiger partial charge in [0.2, 0.25) is 0 Å². The maximum atomic E-state index is 10.7. The van der Waals surface area contributed by atoms with Crippen molar-refractivity contribution < 1.29 is 9.45 Å². The van der Waals surface area contributed by atoms with Crippen LogP contribution < -0.4 is 5.32 Å². The smallest absolute Gasteiger partial charge is 0.270 e. The summed E-state index contributed by atoms with van der Waals surface area (Å²) in [5, 5.41) is 17.8. The summed E-state index contributed by atoms with van der Waals surface area (Å²) in [6.45, 7) is 4.32. The number of aryl methyl sites for hydroxylation is 2. The van der Waals surface area contributed by atoms with Crippen LogP contribution in [0.1, 0.15) is 17.0 Å². The average Bonchev–Trinajstić information content (AvgIpc) is 2.68. The van der Waals surface area contributed by atoms with Crippen molar-refractivity contribution in [3.8, 4) is 0 Å². The molecule has 0 aliphatic heterocycles. The van der Waals surface area contributed by atoms with Crippen LogP contribution in [-0.4, -0.2) is 10.1 Å². The molecule has 0 saturated carbocycles. The second-order valence-corrected chi connectivity index (χ2v) is 5.24. The summed E-state index contributed by atoms with van der Waals surface area (Å²) in [7, 11) is 0. The van der Waals surface area contributed by atoms with E-state index < -0.39 is 4.92 Å². The van der Waals surface area contributed by atoms with Gasteiger partial charge in [0, 0.05) is 33.5 Å². The molecular formula is C12H12IN3O3. The Bertz CT molecular complexity index is 605. The number of nitro benzene ring substituents is 1. The molecule has 0 fully saturated rings. The first kappa shape index (κ1) is 13.8. The molecule has 100 valence electrons. The molecule has 19 heavy (non-hydrogen) atoms. The summed E-state index contributed by atoms with van der Waals surface area (Å²) in [5.41, 5.74) is 2.80. The lowest BCUT2D eigenvalue weighted by Crippen LogP contribution is -2.03. The van der Waals surface area contributed by atoms with E-state index in [1.807, 2.05) is 13.8 Å². The molecule has 1 heterocycles. The number of hydrogen-bond donors (Lipinski definition) is 1. The van der Waals surface area contributed by atoms with E-state index in [0.29, 0.717) is 6.54 Å². The van der Waals surface area contributed by atoms with Gasteiger partial charge in [-0.1, -0.05) is 5.16 Å². The Morgan fingerprint density at radius 1 is 1.47 bits per heavy atom. The van der Waals surface area contributed by atoms with Crippen molar-refractivity contribution in [2.75, 3.05) is 5.32 Å². The van der Waals surface area contributed by atoms with Gasteiger partial charge < -0.3 is 9.84 Å². The number of rotatable bonds is 4. The van der Waals surface area contributed by atoms with Crippen molar-refractivity contribution >= 4 is 34.0 Å². The highest BCUT2D eigenvalue weighted by Gasteiger charge is 2.11. The van der Waals surface area contributed by atoms with E-state index in [-0.39, 0.29) is 5.69 Å². The van der Waals surface area contributed by atoms with E-state index in [4.69, 9.17) is 4.52 Å². The number of nitrogens with zero attached hydrogens (tertiary/aromatic N) is 2. The van der Waals surface area contributed by atoms with Gasteiger partial charge in [-0.3, -0.25) is 10.1 Å². The molecule has 0 atom stereocenters. The number of halogens is 1. The van der Waals surface area contributed by atoms with Gasteiger partial charge in [0.1, 0.15) is 5.76 Å². The lowest BCUT2D eigenvalue weighted by Gasteiger charge is -2.08. The fourth-order valence-electron chi connectivity index (χ4n) is 1.70. The molecule has 0 aliphatic rings. The maximum absolute atomic E-state index is 10.7. The van der Waals surface area contributed by atoms with Gasteiger partial charge in [0.25, 0.3) is 5.69 Å². The Morgan fingerprint density at radius 2 is 2.21 bits per heavy atom. The SMILES string of the molecule is Cc1noc(C)c1CNc1ccc([N+](=O)[O-])cc1I. The average molecular weight is 373 g/mol. The predicted molar refractivity (Wildman–Crippen MR) is 79.1 cm³/mol. The van der Waals surface area contributed by atoms with Gasteiger partial charge in [-0.2, -0.15) is 0 Å². The molecule has 0 spiro atoms. The highest BCUT2D eigenvalue weighted by Crippen LogP contribution is 2.24. The fourth-order valence-corrected chi connectivity index (χ4v) is 2.39. The minimum Gasteiger partial charge on any atom is -0.380 e. The Morgan fingerprint density at radius 3 is 2.74 bits per heavy atom. The minimum atomic E-state index is -0.403. The van der Waals surface area contributed by atoms with E-state index in [2.05, 4.69) is 33.1 Å². The molecule has 0 amide bonds. The number of non-ortho nitro benzene ring substituents is 1. The molecule has 1 aromatic heterocycles. The minimum absolute atomic E-state index is 0.0901. The molecule has 1 aromatic carbocycles. The van der Waals surface area contributed by atoms with E-state index >= 15 is 0 Å².